The highest BCUT2D eigenvalue weighted by atomic mass is 35.5. The van der Waals surface area contributed by atoms with Gasteiger partial charge in [-0.2, -0.15) is 0 Å². The Balaban J connectivity index is 2.05. The third kappa shape index (κ3) is 2.74. The molecular formula is C13H13ClN2. The zero-order chi connectivity index (χ0) is 11.4. The van der Waals surface area contributed by atoms with Crippen LogP contribution in [0.5, 0.6) is 0 Å². The topological polar surface area (TPSA) is 24.9 Å². The number of halogens is 1. The summed E-state index contributed by atoms with van der Waals surface area (Å²) in [6.45, 7) is 2.79. The van der Waals surface area contributed by atoms with E-state index in [-0.39, 0.29) is 0 Å². The fourth-order valence-corrected chi connectivity index (χ4v) is 1.69. The summed E-state index contributed by atoms with van der Waals surface area (Å²) in [6.07, 6.45) is 3.41. The van der Waals surface area contributed by atoms with Gasteiger partial charge in [-0.1, -0.05) is 23.7 Å². The van der Waals surface area contributed by atoms with Crippen LogP contribution in [-0.2, 0) is 6.54 Å². The summed E-state index contributed by atoms with van der Waals surface area (Å²) in [5, 5.41) is 4.03. The molecule has 2 rings (SSSR count). The molecular weight excluding hydrogens is 220 g/mol. The molecule has 16 heavy (non-hydrogen) atoms. The van der Waals surface area contributed by atoms with Gasteiger partial charge >= 0.3 is 0 Å². The van der Waals surface area contributed by atoms with Crippen LogP contribution < -0.4 is 5.32 Å². The summed E-state index contributed by atoms with van der Waals surface area (Å²) in [7, 11) is 0. The first-order chi connectivity index (χ1) is 7.75. The van der Waals surface area contributed by atoms with Crippen LogP contribution in [0.25, 0.3) is 0 Å². The maximum atomic E-state index is 6.02. The smallest absolute Gasteiger partial charge is 0.0639 e. The van der Waals surface area contributed by atoms with E-state index in [2.05, 4.69) is 29.4 Å². The average Bonchev–Trinajstić information content (AvgIpc) is 2.28. The lowest BCUT2D eigenvalue weighted by atomic mass is 10.2. The normalized spacial score (nSPS) is 10.1. The lowest BCUT2D eigenvalue weighted by Crippen LogP contribution is -2.00. The van der Waals surface area contributed by atoms with Gasteiger partial charge in [-0.05, 0) is 36.2 Å². The van der Waals surface area contributed by atoms with Gasteiger partial charge in [-0.15, -0.1) is 0 Å². The second kappa shape index (κ2) is 4.99. The predicted molar refractivity (Wildman–Crippen MR) is 67.8 cm³/mol. The Labute approximate surface area is 100 Å². The number of benzene rings is 1. The third-order valence-electron chi connectivity index (χ3n) is 2.36. The quantitative estimate of drug-likeness (QED) is 0.874. The number of aromatic nitrogens is 1. The molecule has 0 aliphatic heterocycles. The first-order valence-electron chi connectivity index (χ1n) is 5.14. The molecule has 1 N–H and O–H groups in total. The molecule has 2 aromatic rings. The minimum absolute atomic E-state index is 0.697. The zero-order valence-corrected chi connectivity index (χ0v) is 9.83. The number of rotatable bonds is 3. The van der Waals surface area contributed by atoms with Gasteiger partial charge in [0.1, 0.15) is 0 Å². The Morgan fingerprint density at radius 1 is 1.31 bits per heavy atom. The standard InChI is InChI=1S/C13H13ClN2/c1-10-3-2-4-12(7-10)16-8-11-5-6-15-9-13(11)14/h2-7,9,16H,8H2,1H3. The number of hydrogen-bond acceptors (Lipinski definition) is 2. The van der Waals surface area contributed by atoms with Gasteiger partial charge in [0, 0.05) is 24.6 Å². The highest BCUT2D eigenvalue weighted by Gasteiger charge is 1.99. The summed E-state index contributed by atoms with van der Waals surface area (Å²) < 4.78 is 0. The molecule has 0 unspecified atom stereocenters. The van der Waals surface area contributed by atoms with Crippen molar-refractivity contribution in [3.63, 3.8) is 0 Å². The summed E-state index contributed by atoms with van der Waals surface area (Å²) in [5.41, 5.74) is 3.40. The van der Waals surface area contributed by atoms with Crippen molar-refractivity contribution >= 4 is 17.3 Å². The average molecular weight is 233 g/mol. The van der Waals surface area contributed by atoms with Crippen molar-refractivity contribution in [1.29, 1.82) is 0 Å². The number of pyridine rings is 1. The van der Waals surface area contributed by atoms with Crippen LogP contribution in [0, 0.1) is 6.92 Å². The van der Waals surface area contributed by atoms with E-state index in [4.69, 9.17) is 11.6 Å². The number of hydrogen-bond donors (Lipinski definition) is 1. The second-order valence-electron chi connectivity index (χ2n) is 3.69. The molecule has 1 heterocycles. The van der Waals surface area contributed by atoms with Gasteiger partial charge in [0.05, 0.1) is 5.02 Å². The van der Waals surface area contributed by atoms with Crippen LogP contribution in [0.4, 0.5) is 5.69 Å². The molecule has 2 nitrogen and oxygen atoms in total. The Morgan fingerprint density at radius 3 is 2.94 bits per heavy atom. The van der Waals surface area contributed by atoms with Gasteiger partial charge < -0.3 is 5.32 Å². The molecule has 0 bridgehead atoms. The first kappa shape index (κ1) is 11.0. The Kier molecular flexibility index (Phi) is 3.42. The van der Waals surface area contributed by atoms with Crippen LogP contribution >= 0.6 is 11.6 Å². The highest BCUT2D eigenvalue weighted by molar-refractivity contribution is 6.31. The molecule has 0 aliphatic carbocycles. The summed E-state index contributed by atoms with van der Waals surface area (Å²) >= 11 is 6.02. The zero-order valence-electron chi connectivity index (χ0n) is 9.07. The van der Waals surface area contributed by atoms with Crippen molar-refractivity contribution in [1.82, 2.24) is 4.98 Å². The van der Waals surface area contributed by atoms with E-state index in [1.165, 1.54) is 5.56 Å². The van der Waals surface area contributed by atoms with E-state index in [0.29, 0.717) is 11.6 Å². The second-order valence-corrected chi connectivity index (χ2v) is 4.10. The van der Waals surface area contributed by atoms with E-state index >= 15 is 0 Å². The van der Waals surface area contributed by atoms with E-state index < -0.39 is 0 Å². The van der Waals surface area contributed by atoms with Gasteiger partial charge in [0.15, 0.2) is 0 Å². The molecule has 0 atom stereocenters. The SMILES string of the molecule is Cc1cccc(NCc2ccncc2Cl)c1. The van der Waals surface area contributed by atoms with Gasteiger partial charge in [-0.25, -0.2) is 0 Å². The molecule has 0 fully saturated rings. The van der Waals surface area contributed by atoms with Crippen molar-refractivity contribution < 1.29 is 0 Å². The fourth-order valence-electron chi connectivity index (χ4n) is 1.50. The van der Waals surface area contributed by atoms with Gasteiger partial charge in [0.25, 0.3) is 0 Å². The van der Waals surface area contributed by atoms with E-state index in [1.54, 1.807) is 12.4 Å². The van der Waals surface area contributed by atoms with E-state index in [9.17, 15) is 0 Å². The third-order valence-corrected chi connectivity index (χ3v) is 2.70. The van der Waals surface area contributed by atoms with Crippen molar-refractivity contribution in [3.05, 3.63) is 58.9 Å². The van der Waals surface area contributed by atoms with Crippen molar-refractivity contribution in [3.8, 4) is 0 Å². The molecule has 1 aromatic heterocycles. The molecule has 82 valence electrons. The number of aryl methyl sites for hydroxylation is 1. The summed E-state index contributed by atoms with van der Waals surface area (Å²) in [6, 6.07) is 10.2. The minimum Gasteiger partial charge on any atom is -0.381 e. The molecule has 0 saturated carbocycles. The lowest BCUT2D eigenvalue weighted by Gasteiger charge is -2.08. The summed E-state index contributed by atoms with van der Waals surface area (Å²) in [5.74, 6) is 0. The van der Waals surface area contributed by atoms with Crippen molar-refractivity contribution in [2.45, 2.75) is 13.5 Å². The molecule has 0 spiro atoms. The molecule has 1 aromatic carbocycles. The van der Waals surface area contributed by atoms with Crippen LogP contribution in [0.15, 0.2) is 42.7 Å². The Hall–Kier alpha value is -1.54. The largest absolute Gasteiger partial charge is 0.381 e. The Bertz CT molecular complexity index is 483. The highest BCUT2D eigenvalue weighted by Crippen LogP contribution is 2.16. The first-order valence-corrected chi connectivity index (χ1v) is 5.52. The summed E-state index contributed by atoms with van der Waals surface area (Å²) in [4.78, 5) is 3.95. The van der Waals surface area contributed by atoms with Crippen molar-refractivity contribution in [2.24, 2.45) is 0 Å². The monoisotopic (exact) mass is 232 g/mol. The van der Waals surface area contributed by atoms with E-state index in [1.807, 2.05) is 18.2 Å². The van der Waals surface area contributed by atoms with Crippen LogP contribution in [0.1, 0.15) is 11.1 Å². The van der Waals surface area contributed by atoms with Crippen LogP contribution in [0.2, 0.25) is 5.02 Å². The molecule has 0 aliphatic rings. The number of anilines is 1. The van der Waals surface area contributed by atoms with Crippen molar-refractivity contribution in [2.75, 3.05) is 5.32 Å². The van der Waals surface area contributed by atoms with Crippen LogP contribution in [0.3, 0.4) is 0 Å². The maximum absolute atomic E-state index is 6.02. The molecule has 0 amide bonds. The van der Waals surface area contributed by atoms with E-state index in [0.717, 1.165) is 11.3 Å². The van der Waals surface area contributed by atoms with Gasteiger partial charge in [0.2, 0.25) is 0 Å². The molecule has 0 saturated heterocycles. The fraction of sp³-hybridized carbons (Fsp3) is 0.154. The minimum atomic E-state index is 0.697. The predicted octanol–water partition coefficient (Wildman–Crippen LogP) is 3.66. The molecule has 3 heteroatoms. The Morgan fingerprint density at radius 2 is 2.19 bits per heavy atom. The maximum Gasteiger partial charge on any atom is 0.0639 e. The molecule has 0 radical (unpaired) electrons. The van der Waals surface area contributed by atoms with Crippen LogP contribution in [-0.4, -0.2) is 4.98 Å². The lowest BCUT2D eigenvalue weighted by molar-refractivity contribution is 1.13. The number of nitrogens with one attached hydrogen (secondary N) is 1. The van der Waals surface area contributed by atoms with Gasteiger partial charge in [-0.3, -0.25) is 4.98 Å². The number of nitrogens with zero attached hydrogens (tertiary/aromatic N) is 1.